The van der Waals surface area contributed by atoms with Gasteiger partial charge in [0.2, 0.25) is 5.96 Å². The molecule has 10 heteroatoms. The summed E-state index contributed by atoms with van der Waals surface area (Å²) in [6, 6.07) is 8.59. The highest BCUT2D eigenvalue weighted by molar-refractivity contribution is 5.91. The van der Waals surface area contributed by atoms with Crippen molar-refractivity contribution in [2.45, 2.75) is 70.3 Å². The number of aliphatic hydroxyl groups is 1. The Morgan fingerprint density at radius 3 is 2.41 bits per heavy atom. The van der Waals surface area contributed by atoms with Gasteiger partial charge in [-0.3, -0.25) is 15.0 Å². The van der Waals surface area contributed by atoms with Gasteiger partial charge in [0.25, 0.3) is 0 Å². The van der Waals surface area contributed by atoms with E-state index >= 15 is 0 Å². The molecule has 37 heavy (non-hydrogen) atoms. The third-order valence-electron chi connectivity index (χ3n) is 7.32. The monoisotopic (exact) mass is 519 g/mol. The van der Waals surface area contributed by atoms with Gasteiger partial charge in [0, 0.05) is 42.5 Å². The number of alkyl halides is 3. The van der Waals surface area contributed by atoms with E-state index in [1.54, 1.807) is 4.68 Å². The van der Waals surface area contributed by atoms with Gasteiger partial charge in [0.05, 0.1) is 19.3 Å². The molecule has 0 spiro atoms. The maximum absolute atomic E-state index is 13.1. The fourth-order valence-electron chi connectivity index (χ4n) is 5.01. The summed E-state index contributed by atoms with van der Waals surface area (Å²) in [5.74, 6) is -0.0388. The highest BCUT2D eigenvalue weighted by Crippen LogP contribution is 2.37. The van der Waals surface area contributed by atoms with Crippen molar-refractivity contribution in [3.05, 3.63) is 47.3 Å². The Labute approximate surface area is 216 Å². The number of aromatic nitrogens is 1. The molecule has 4 rings (SSSR count). The zero-order valence-electron chi connectivity index (χ0n) is 21.5. The van der Waals surface area contributed by atoms with E-state index in [1.807, 2.05) is 6.92 Å². The SMILES string of the molecule is C=NC(=N[C@@H](C)C(F)(F)F)Nn1c(C2CCC(O)CC2)cc(-c2ccc(CN3CCOCC3)cc2)c1C. The molecule has 1 saturated heterocycles. The van der Waals surface area contributed by atoms with Crippen molar-refractivity contribution in [1.29, 1.82) is 0 Å². The van der Waals surface area contributed by atoms with Gasteiger partial charge in [-0.05, 0) is 63.4 Å². The average Bonchev–Trinajstić information content (AvgIpc) is 3.20. The molecule has 1 atom stereocenters. The number of aliphatic imine (C=N–C) groups is 2. The van der Waals surface area contributed by atoms with Crippen molar-refractivity contribution < 1.29 is 23.0 Å². The van der Waals surface area contributed by atoms with Crippen molar-refractivity contribution in [3.8, 4) is 11.1 Å². The van der Waals surface area contributed by atoms with Gasteiger partial charge in [0.1, 0.15) is 6.04 Å². The number of aliphatic hydroxyl groups excluding tert-OH is 1. The summed E-state index contributed by atoms with van der Waals surface area (Å²) in [6.45, 7) is 10.6. The lowest BCUT2D eigenvalue weighted by molar-refractivity contribution is -0.142. The third kappa shape index (κ3) is 6.80. The predicted octanol–water partition coefficient (Wildman–Crippen LogP) is 4.87. The van der Waals surface area contributed by atoms with Gasteiger partial charge in [-0.25, -0.2) is 9.98 Å². The maximum Gasteiger partial charge on any atom is 0.410 e. The van der Waals surface area contributed by atoms with Crippen LogP contribution in [0.25, 0.3) is 11.1 Å². The number of ether oxygens (including phenoxy) is 1. The molecule has 1 aromatic heterocycles. The Kier molecular flexibility index (Phi) is 8.71. The quantitative estimate of drug-likeness (QED) is 0.422. The van der Waals surface area contributed by atoms with Crippen LogP contribution in [0.2, 0.25) is 0 Å². The first-order valence-electron chi connectivity index (χ1n) is 12.8. The van der Waals surface area contributed by atoms with E-state index in [9.17, 15) is 18.3 Å². The Balaban J connectivity index is 1.63. The van der Waals surface area contributed by atoms with E-state index in [1.165, 1.54) is 5.56 Å². The number of hydrogen-bond donors (Lipinski definition) is 2. The molecule has 1 aliphatic carbocycles. The molecule has 202 valence electrons. The molecule has 1 saturated carbocycles. The second-order valence-electron chi connectivity index (χ2n) is 9.93. The molecule has 2 fully saturated rings. The van der Waals surface area contributed by atoms with Crippen molar-refractivity contribution >= 4 is 12.7 Å². The lowest BCUT2D eigenvalue weighted by Crippen LogP contribution is -2.35. The van der Waals surface area contributed by atoms with Gasteiger partial charge >= 0.3 is 6.18 Å². The molecule has 0 bridgehead atoms. The maximum atomic E-state index is 13.1. The fourth-order valence-corrected chi connectivity index (χ4v) is 5.01. The topological polar surface area (TPSA) is 74.4 Å². The zero-order valence-corrected chi connectivity index (χ0v) is 21.5. The molecule has 0 radical (unpaired) electrons. The molecule has 2 heterocycles. The first-order chi connectivity index (χ1) is 17.7. The molecular formula is C27H36F3N5O2. The summed E-state index contributed by atoms with van der Waals surface area (Å²) in [7, 11) is 0. The lowest BCUT2D eigenvalue weighted by Gasteiger charge is -2.27. The zero-order chi connectivity index (χ0) is 26.6. The second-order valence-corrected chi connectivity index (χ2v) is 9.93. The van der Waals surface area contributed by atoms with E-state index < -0.39 is 12.2 Å². The number of benzene rings is 1. The molecule has 2 N–H and O–H groups in total. The van der Waals surface area contributed by atoms with Crippen LogP contribution in [0.3, 0.4) is 0 Å². The van der Waals surface area contributed by atoms with Crippen LogP contribution in [0.5, 0.6) is 0 Å². The van der Waals surface area contributed by atoms with Crippen LogP contribution in [0.4, 0.5) is 13.2 Å². The predicted molar refractivity (Wildman–Crippen MR) is 140 cm³/mol. The van der Waals surface area contributed by atoms with E-state index in [-0.39, 0.29) is 18.0 Å². The second kappa shape index (κ2) is 11.8. The van der Waals surface area contributed by atoms with Crippen LogP contribution in [-0.2, 0) is 11.3 Å². The van der Waals surface area contributed by atoms with E-state index in [0.29, 0.717) is 12.8 Å². The summed E-state index contributed by atoms with van der Waals surface area (Å²) in [5.41, 5.74) is 8.00. The van der Waals surface area contributed by atoms with Gasteiger partial charge < -0.3 is 9.84 Å². The summed E-state index contributed by atoms with van der Waals surface area (Å²) >= 11 is 0. The minimum atomic E-state index is -4.47. The molecule has 0 unspecified atom stereocenters. The number of rotatable bonds is 6. The van der Waals surface area contributed by atoms with Crippen molar-refractivity contribution in [3.63, 3.8) is 0 Å². The van der Waals surface area contributed by atoms with Crippen LogP contribution in [-0.4, -0.2) is 72.0 Å². The average molecular weight is 520 g/mol. The minimum absolute atomic E-state index is 0.148. The fraction of sp³-hybridized carbons (Fsp3) is 0.556. The van der Waals surface area contributed by atoms with Crippen LogP contribution < -0.4 is 5.43 Å². The number of hydrogen-bond acceptors (Lipinski definition) is 4. The number of guanidine groups is 1. The third-order valence-corrected chi connectivity index (χ3v) is 7.32. The summed E-state index contributed by atoms with van der Waals surface area (Å²) in [4.78, 5) is 9.83. The largest absolute Gasteiger partial charge is 0.410 e. The molecule has 1 aromatic carbocycles. The van der Waals surface area contributed by atoms with Gasteiger partial charge in [-0.15, -0.1) is 0 Å². The number of halogens is 3. The van der Waals surface area contributed by atoms with Gasteiger partial charge in [-0.1, -0.05) is 24.3 Å². The Hall–Kier alpha value is -2.69. The highest BCUT2D eigenvalue weighted by atomic mass is 19.4. The molecule has 7 nitrogen and oxygen atoms in total. The van der Waals surface area contributed by atoms with Crippen molar-refractivity contribution in [2.24, 2.45) is 9.98 Å². The van der Waals surface area contributed by atoms with Crippen LogP contribution in [0.1, 0.15) is 55.5 Å². The molecule has 2 aromatic rings. The van der Waals surface area contributed by atoms with Crippen LogP contribution in [0.15, 0.2) is 40.3 Å². The summed E-state index contributed by atoms with van der Waals surface area (Å²) in [6.07, 6.45) is -1.83. The molecular weight excluding hydrogens is 483 g/mol. The summed E-state index contributed by atoms with van der Waals surface area (Å²) in [5, 5.41) is 10.0. The van der Waals surface area contributed by atoms with Crippen molar-refractivity contribution in [2.75, 3.05) is 31.7 Å². The van der Waals surface area contributed by atoms with E-state index in [4.69, 9.17) is 4.74 Å². The number of morpholine rings is 1. The first-order valence-corrected chi connectivity index (χ1v) is 12.8. The standard InChI is InChI=1S/C27H36F3N5O2/c1-18-24(21-6-4-20(5-7-21)17-34-12-14-37-15-13-34)16-25(22-8-10-23(36)11-9-22)35(18)33-26(31-3)32-19(2)27(28,29)30/h4-7,16,19,22-23,36H,3,8-15,17H2,1-2H3,(H,32,33)/t19-,22?,23?/m0/s1. The van der Waals surface area contributed by atoms with Crippen molar-refractivity contribution in [1.82, 2.24) is 9.58 Å². The molecule has 1 aliphatic heterocycles. The van der Waals surface area contributed by atoms with Gasteiger partial charge in [0.15, 0.2) is 0 Å². The first kappa shape index (κ1) is 27.3. The number of nitrogens with one attached hydrogen (secondary N) is 1. The van der Waals surface area contributed by atoms with Crippen LogP contribution >= 0.6 is 0 Å². The lowest BCUT2D eigenvalue weighted by atomic mass is 9.85. The minimum Gasteiger partial charge on any atom is -0.393 e. The molecule has 2 aliphatic rings. The van der Waals surface area contributed by atoms with E-state index in [2.05, 4.69) is 57.4 Å². The smallest absolute Gasteiger partial charge is 0.393 e. The van der Waals surface area contributed by atoms with E-state index in [0.717, 1.165) is 75.1 Å². The molecule has 0 amide bonds. The highest BCUT2D eigenvalue weighted by Gasteiger charge is 2.36. The normalized spacial score (nSPS) is 22.6. The Bertz CT molecular complexity index is 1080. The Morgan fingerprint density at radius 1 is 1.16 bits per heavy atom. The number of nitrogens with zero attached hydrogens (tertiary/aromatic N) is 4. The van der Waals surface area contributed by atoms with Crippen LogP contribution in [0, 0.1) is 6.92 Å². The summed E-state index contributed by atoms with van der Waals surface area (Å²) < 4.78 is 46.6. The Morgan fingerprint density at radius 2 is 1.81 bits per heavy atom. The van der Waals surface area contributed by atoms with Gasteiger partial charge in [-0.2, -0.15) is 13.2 Å².